The van der Waals surface area contributed by atoms with Gasteiger partial charge in [-0.15, -0.1) is 0 Å². The van der Waals surface area contributed by atoms with Gasteiger partial charge >= 0.3 is 13.6 Å². The Morgan fingerprint density at radius 3 is 1.55 bits per heavy atom. The molecule has 4 aromatic heterocycles. The molecule has 24 heteroatoms. The zero-order valence-electron chi connectivity index (χ0n) is 21.9. The van der Waals surface area contributed by atoms with Crippen LogP contribution in [0.3, 0.4) is 0 Å². The van der Waals surface area contributed by atoms with E-state index in [0.717, 1.165) is 12.7 Å². The molecule has 44 heavy (non-hydrogen) atoms. The average molecular weight is 695 g/mol. The highest BCUT2D eigenvalue weighted by Gasteiger charge is 2.54. The molecule has 7 rings (SSSR count). The molecule has 236 valence electrons. The topological polar surface area (TPSA) is 229 Å². The van der Waals surface area contributed by atoms with Gasteiger partial charge in [-0.25, -0.2) is 47.8 Å². The minimum Gasteiger partial charge on any atom is -0.382 e. The van der Waals surface area contributed by atoms with Crippen LogP contribution in [-0.2, 0) is 36.7 Å². The second kappa shape index (κ2) is 11.1. The van der Waals surface area contributed by atoms with Gasteiger partial charge in [0.2, 0.25) is 0 Å². The minimum atomic E-state index is -4.39. The van der Waals surface area contributed by atoms with Crippen molar-refractivity contribution in [3.05, 3.63) is 25.3 Å². The third kappa shape index (κ3) is 5.25. The van der Waals surface area contributed by atoms with Crippen molar-refractivity contribution < 1.29 is 45.5 Å². The fourth-order valence-corrected chi connectivity index (χ4v) is 8.14. The Morgan fingerprint density at radius 1 is 0.727 bits per heavy atom. The Hall–Kier alpha value is -2.52. The first kappa shape index (κ1) is 30.2. The van der Waals surface area contributed by atoms with Crippen molar-refractivity contribution in [2.75, 3.05) is 24.7 Å². The molecular formula is C20H22F2N10O8P2S2. The molecule has 0 aromatic carbocycles. The number of nitrogens with two attached hydrogens (primary N) is 2. The van der Waals surface area contributed by atoms with Crippen LogP contribution in [0.5, 0.6) is 0 Å². The molecule has 0 amide bonds. The summed E-state index contributed by atoms with van der Waals surface area (Å²) in [6.45, 7) is -10.1. The summed E-state index contributed by atoms with van der Waals surface area (Å²) in [6, 6.07) is 0. The van der Waals surface area contributed by atoms with E-state index in [1.165, 1.54) is 21.8 Å². The van der Waals surface area contributed by atoms with E-state index < -0.39 is 76.0 Å². The lowest BCUT2D eigenvalue weighted by molar-refractivity contribution is -0.0544. The maximum absolute atomic E-state index is 16.0. The van der Waals surface area contributed by atoms with Crippen LogP contribution in [0.2, 0.25) is 0 Å². The molecule has 18 nitrogen and oxygen atoms in total. The second-order valence-electron chi connectivity index (χ2n) is 9.85. The lowest BCUT2D eigenvalue weighted by Gasteiger charge is -2.28. The lowest BCUT2D eigenvalue weighted by Crippen LogP contribution is -2.36. The number of ether oxygens (including phenoxy) is 2. The van der Waals surface area contributed by atoms with Crippen molar-refractivity contribution in [3.63, 3.8) is 0 Å². The molecule has 0 radical (unpaired) electrons. The van der Waals surface area contributed by atoms with E-state index in [-0.39, 0.29) is 34.0 Å². The zero-order valence-corrected chi connectivity index (χ0v) is 25.5. The third-order valence-electron chi connectivity index (χ3n) is 7.17. The average Bonchev–Trinajstić information content (AvgIpc) is 3.73. The van der Waals surface area contributed by atoms with E-state index >= 15 is 8.78 Å². The number of nitrogens with zero attached hydrogens (tertiary/aromatic N) is 8. The van der Waals surface area contributed by atoms with Crippen LogP contribution in [0, 0.1) is 0 Å². The van der Waals surface area contributed by atoms with Crippen molar-refractivity contribution >= 4 is 72.1 Å². The molecule has 0 bridgehead atoms. The lowest BCUT2D eigenvalue weighted by atomic mass is 10.1. The normalized spacial score (nSPS) is 38.3. The summed E-state index contributed by atoms with van der Waals surface area (Å²) in [7, 11) is 0. The van der Waals surface area contributed by atoms with Crippen LogP contribution >= 0.6 is 38.1 Å². The Morgan fingerprint density at radius 2 is 1.14 bits per heavy atom. The molecule has 3 aliphatic heterocycles. The summed E-state index contributed by atoms with van der Waals surface area (Å²) in [6.07, 6.45) is -8.12. The number of nitrogen functional groups attached to an aromatic ring is 2. The van der Waals surface area contributed by atoms with Crippen LogP contribution in [0.4, 0.5) is 20.4 Å². The smallest absolute Gasteiger partial charge is 0.382 e. The van der Waals surface area contributed by atoms with E-state index in [1.54, 1.807) is 0 Å². The number of aromatic nitrogens is 8. The van der Waals surface area contributed by atoms with Crippen molar-refractivity contribution in [2.24, 2.45) is 0 Å². The highest BCUT2D eigenvalue weighted by Crippen LogP contribution is 2.60. The number of rotatable bonds is 2. The summed E-state index contributed by atoms with van der Waals surface area (Å²) in [5.41, 5.74) is 12.3. The highest BCUT2D eigenvalue weighted by molar-refractivity contribution is 8.44. The summed E-state index contributed by atoms with van der Waals surface area (Å²) >= 11 is 7.99. The number of hydrogen-bond acceptors (Lipinski definition) is 16. The van der Waals surface area contributed by atoms with Gasteiger partial charge in [-0.1, -0.05) is 24.5 Å². The maximum atomic E-state index is 16.0. The molecule has 4 N–H and O–H groups in total. The molecular weight excluding hydrogens is 672 g/mol. The fourth-order valence-electron chi connectivity index (χ4n) is 5.17. The molecule has 7 heterocycles. The molecule has 3 fully saturated rings. The van der Waals surface area contributed by atoms with Crippen LogP contribution in [0.1, 0.15) is 12.5 Å². The molecule has 10 atom stereocenters. The molecule has 0 spiro atoms. The minimum absolute atomic E-state index is 0.0504. The first-order valence-electron chi connectivity index (χ1n) is 12.7. The predicted molar refractivity (Wildman–Crippen MR) is 152 cm³/mol. The summed E-state index contributed by atoms with van der Waals surface area (Å²) in [4.78, 5) is 24.0. The summed E-state index contributed by atoms with van der Waals surface area (Å²) < 4.78 is 94.5. The van der Waals surface area contributed by atoms with Crippen molar-refractivity contribution in [3.8, 4) is 0 Å². The van der Waals surface area contributed by atoms with Gasteiger partial charge in [0.05, 0.1) is 25.9 Å². The van der Waals surface area contributed by atoms with E-state index in [9.17, 15) is 9.13 Å². The van der Waals surface area contributed by atoms with E-state index in [2.05, 4.69) is 54.4 Å². The first-order chi connectivity index (χ1) is 20.9. The van der Waals surface area contributed by atoms with Crippen LogP contribution in [0.25, 0.3) is 22.3 Å². The molecule has 1 unspecified atom stereocenters. The van der Waals surface area contributed by atoms with E-state index in [1.807, 2.05) is 0 Å². The Balaban J connectivity index is 1.17. The van der Waals surface area contributed by atoms with Gasteiger partial charge in [-0.05, 0) is 0 Å². The molecule has 0 saturated carbocycles. The Bertz CT molecular complexity index is 1710. The van der Waals surface area contributed by atoms with Crippen LogP contribution in [0.15, 0.2) is 25.3 Å². The number of alkyl halides is 2. The first-order valence-corrected chi connectivity index (χ1v) is 18.1. The van der Waals surface area contributed by atoms with E-state index in [0.29, 0.717) is 0 Å². The number of hydrogen-bond donors (Lipinski definition) is 4. The monoisotopic (exact) mass is 694 g/mol. The standard InChI is InChI=1S/C20H22F2N10O8P2S2/c21-9-13-7(37-19(9)31-5-29-11-15(23)25-3-27-17(11)31)1-35-41(33,43)40-14-8(2-36-42(34,44)39-13)38-20(10(14)22)32-6-30-12-16(24)26-4-28-18(12)32/h3-10,13-14,19-20H,1-2H2,(H,33,43)(H,34,44)(H2,23,25,27)(H2,24,26,28)/t7-,8-,9-,10-,13-,14-,19-,20-,41-,42?/m1/s1. The fraction of sp³-hybridized carbons (Fsp3) is 0.500. The van der Waals surface area contributed by atoms with Gasteiger partial charge in [-0.3, -0.25) is 27.2 Å². The number of thiol groups is 2. The van der Waals surface area contributed by atoms with Gasteiger partial charge < -0.3 is 20.9 Å². The van der Waals surface area contributed by atoms with E-state index in [4.69, 9.17) is 39.0 Å². The number of fused-ring (bicyclic) bond motifs is 4. The number of halogens is 2. The summed E-state index contributed by atoms with van der Waals surface area (Å²) in [5.74, 6) is 0.101. The predicted octanol–water partition coefficient (Wildman–Crippen LogP) is 2.19. The molecule has 3 saturated heterocycles. The molecule has 4 aromatic rings. The van der Waals surface area contributed by atoms with Crippen molar-refractivity contribution in [1.82, 2.24) is 39.0 Å². The largest absolute Gasteiger partial charge is 0.386 e. The zero-order chi connectivity index (χ0) is 31.0. The van der Waals surface area contributed by atoms with Gasteiger partial charge in [0.15, 0.2) is 47.7 Å². The third-order valence-corrected chi connectivity index (χ3v) is 10.4. The van der Waals surface area contributed by atoms with Gasteiger partial charge in [-0.2, -0.15) is 0 Å². The van der Waals surface area contributed by atoms with Gasteiger partial charge in [0.25, 0.3) is 0 Å². The van der Waals surface area contributed by atoms with Crippen molar-refractivity contribution in [1.29, 1.82) is 0 Å². The van der Waals surface area contributed by atoms with Gasteiger partial charge in [0, 0.05) is 0 Å². The molecule has 3 aliphatic rings. The summed E-state index contributed by atoms with van der Waals surface area (Å²) in [5, 5.41) is 0. The number of imidazole rings is 2. The highest BCUT2D eigenvalue weighted by atomic mass is 32.7. The Labute approximate surface area is 255 Å². The molecule has 0 aliphatic carbocycles. The Kier molecular flexibility index (Phi) is 7.59. The maximum Gasteiger partial charge on any atom is 0.386 e. The van der Waals surface area contributed by atoms with Crippen LogP contribution in [-0.4, -0.2) is 89.0 Å². The van der Waals surface area contributed by atoms with Crippen molar-refractivity contribution in [2.45, 2.75) is 49.2 Å². The number of anilines is 2. The second-order valence-corrected chi connectivity index (χ2v) is 15.6. The van der Waals surface area contributed by atoms with Gasteiger partial charge in [0.1, 0.15) is 48.1 Å². The SMILES string of the molecule is Nc1ncnc2c1ncn2[C@@H]1O[C@@H]2CO[P@@](=O)(S)O[C@H]3[C@@H](F)[C@H](n4cnc5c(N)ncnc54)O[C@@H]3COP(=O)(S)O[C@H]2[C@H]1F. The quantitative estimate of drug-likeness (QED) is 0.174. The van der Waals surface area contributed by atoms with Crippen LogP contribution < -0.4 is 11.5 Å².